The molecule has 0 atom stereocenters. The van der Waals surface area contributed by atoms with E-state index in [9.17, 15) is 9.90 Å². The number of anilines is 1. The highest BCUT2D eigenvalue weighted by molar-refractivity contribution is 7.80. The van der Waals surface area contributed by atoms with E-state index in [-0.39, 0.29) is 16.8 Å². The maximum absolute atomic E-state index is 11.8. The summed E-state index contributed by atoms with van der Waals surface area (Å²) in [6.45, 7) is 2.00. The van der Waals surface area contributed by atoms with Crippen molar-refractivity contribution in [1.82, 2.24) is 5.32 Å². The Labute approximate surface area is 134 Å². The molecule has 0 aliphatic rings. The van der Waals surface area contributed by atoms with Gasteiger partial charge in [0, 0.05) is 6.08 Å². The van der Waals surface area contributed by atoms with E-state index in [0.29, 0.717) is 5.69 Å². The fraction of sp³-hybridized carbons (Fsp3) is 0.0588. The summed E-state index contributed by atoms with van der Waals surface area (Å²) in [7, 11) is 0. The lowest BCUT2D eigenvalue weighted by Crippen LogP contribution is -2.32. The van der Waals surface area contributed by atoms with Crippen LogP contribution in [0.1, 0.15) is 11.1 Å². The van der Waals surface area contributed by atoms with E-state index in [4.69, 9.17) is 12.2 Å². The van der Waals surface area contributed by atoms with Crippen molar-refractivity contribution in [3.63, 3.8) is 0 Å². The molecule has 0 aromatic heterocycles. The fourth-order valence-electron chi connectivity index (χ4n) is 1.74. The summed E-state index contributed by atoms with van der Waals surface area (Å²) in [5.41, 5.74) is 2.53. The van der Waals surface area contributed by atoms with Crippen molar-refractivity contribution < 1.29 is 9.90 Å². The number of aryl methyl sites for hydroxylation is 1. The van der Waals surface area contributed by atoms with Gasteiger partial charge in [0.25, 0.3) is 0 Å². The van der Waals surface area contributed by atoms with E-state index in [0.717, 1.165) is 11.1 Å². The van der Waals surface area contributed by atoms with Gasteiger partial charge in [0.1, 0.15) is 5.75 Å². The van der Waals surface area contributed by atoms with Crippen molar-refractivity contribution in [2.45, 2.75) is 6.92 Å². The van der Waals surface area contributed by atoms with Crippen molar-refractivity contribution in [3.05, 3.63) is 65.7 Å². The van der Waals surface area contributed by atoms with Crippen LogP contribution in [0.4, 0.5) is 5.69 Å². The Morgan fingerprint density at radius 1 is 1.14 bits per heavy atom. The molecule has 0 aliphatic carbocycles. The summed E-state index contributed by atoms with van der Waals surface area (Å²) < 4.78 is 0. The van der Waals surface area contributed by atoms with Gasteiger partial charge in [-0.2, -0.15) is 0 Å². The Balaban J connectivity index is 1.90. The number of carbonyl (C=O) groups excluding carboxylic acids is 1. The number of hydrogen-bond donors (Lipinski definition) is 3. The van der Waals surface area contributed by atoms with Gasteiger partial charge in [-0.15, -0.1) is 0 Å². The van der Waals surface area contributed by atoms with E-state index < -0.39 is 0 Å². The molecule has 0 fully saturated rings. The Kier molecular flexibility index (Phi) is 5.27. The van der Waals surface area contributed by atoms with Crippen LogP contribution in [-0.2, 0) is 4.79 Å². The number of phenolic OH excluding ortho intramolecular Hbond substituents is 1. The smallest absolute Gasteiger partial charge is 0.250 e. The van der Waals surface area contributed by atoms with Crippen LogP contribution in [0.25, 0.3) is 6.08 Å². The predicted molar refractivity (Wildman–Crippen MR) is 92.7 cm³/mol. The van der Waals surface area contributed by atoms with E-state index in [1.54, 1.807) is 24.3 Å². The van der Waals surface area contributed by atoms with E-state index in [2.05, 4.69) is 10.6 Å². The third kappa shape index (κ3) is 4.71. The van der Waals surface area contributed by atoms with Crippen LogP contribution in [0.5, 0.6) is 5.75 Å². The maximum atomic E-state index is 11.8. The Morgan fingerprint density at radius 2 is 1.82 bits per heavy atom. The average molecular weight is 312 g/mol. The van der Waals surface area contributed by atoms with Gasteiger partial charge in [-0.25, -0.2) is 0 Å². The molecular weight excluding hydrogens is 296 g/mol. The van der Waals surface area contributed by atoms with Crippen LogP contribution in [0.3, 0.4) is 0 Å². The third-order valence-corrected chi connectivity index (χ3v) is 3.10. The van der Waals surface area contributed by atoms with Crippen LogP contribution in [-0.4, -0.2) is 16.1 Å². The first kappa shape index (κ1) is 15.7. The number of benzene rings is 2. The van der Waals surface area contributed by atoms with Crippen LogP contribution < -0.4 is 10.6 Å². The molecule has 0 spiro atoms. The summed E-state index contributed by atoms with van der Waals surface area (Å²) in [5.74, 6) is -0.275. The Hall–Kier alpha value is -2.66. The summed E-state index contributed by atoms with van der Waals surface area (Å²) in [5, 5.41) is 15.0. The second-order valence-corrected chi connectivity index (χ2v) is 5.11. The first-order chi connectivity index (χ1) is 10.5. The van der Waals surface area contributed by atoms with Crippen molar-refractivity contribution >= 4 is 35.0 Å². The summed E-state index contributed by atoms with van der Waals surface area (Å²) in [6, 6.07) is 14.5. The number of carbonyl (C=O) groups is 1. The number of amides is 1. The van der Waals surface area contributed by atoms with Crippen LogP contribution >= 0.6 is 12.2 Å². The van der Waals surface area contributed by atoms with Crippen molar-refractivity contribution in [1.29, 1.82) is 0 Å². The van der Waals surface area contributed by atoms with Crippen molar-refractivity contribution in [2.75, 3.05) is 5.32 Å². The van der Waals surface area contributed by atoms with Gasteiger partial charge in [0.15, 0.2) is 5.11 Å². The number of phenols is 1. The van der Waals surface area contributed by atoms with E-state index in [1.807, 2.05) is 31.2 Å². The maximum Gasteiger partial charge on any atom is 0.250 e. The van der Waals surface area contributed by atoms with Gasteiger partial charge >= 0.3 is 0 Å². The molecule has 2 aromatic carbocycles. The second-order valence-electron chi connectivity index (χ2n) is 4.70. The molecule has 3 N–H and O–H groups in total. The zero-order valence-corrected chi connectivity index (χ0v) is 12.9. The van der Waals surface area contributed by atoms with Gasteiger partial charge < -0.3 is 10.4 Å². The van der Waals surface area contributed by atoms with Crippen molar-refractivity contribution in [2.24, 2.45) is 0 Å². The molecule has 2 aromatic rings. The minimum atomic E-state index is -0.339. The average Bonchev–Trinajstić information content (AvgIpc) is 2.49. The fourth-order valence-corrected chi connectivity index (χ4v) is 1.95. The lowest BCUT2D eigenvalue weighted by Gasteiger charge is -2.09. The minimum Gasteiger partial charge on any atom is -0.506 e. The lowest BCUT2D eigenvalue weighted by atomic mass is 10.1. The van der Waals surface area contributed by atoms with E-state index in [1.165, 1.54) is 12.1 Å². The molecule has 0 bridgehead atoms. The zero-order chi connectivity index (χ0) is 15.9. The topological polar surface area (TPSA) is 61.4 Å². The molecule has 0 heterocycles. The highest BCUT2D eigenvalue weighted by Gasteiger charge is 2.04. The predicted octanol–water partition coefficient (Wildman–Crippen LogP) is 3.23. The molecule has 22 heavy (non-hydrogen) atoms. The first-order valence-corrected chi connectivity index (χ1v) is 7.10. The number of para-hydroxylation sites is 2. The monoisotopic (exact) mass is 312 g/mol. The molecule has 2 rings (SSSR count). The van der Waals surface area contributed by atoms with Gasteiger partial charge in [0.2, 0.25) is 5.91 Å². The molecule has 1 amide bonds. The molecule has 4 nitrogen and oxygen atoms in total. The van der Waals surface area contributed by atoms with Crippen molar-refractivity contribution in [3.8, 4) is 5.75 Å². The highest BCUT2D eigenvalue weighted by Crippen LogP contribution is 2.21. The van der Waals surface area contributed by atoms with Crippen LogP contribution in [0.2, 0.25) is 0 Å². The third-order valence-electron chi connectivity index (χ3n) is 2.89. The Bertz CT molecular complexity index is 709. The van der Waals surface area contributed by atoms with E-state index >= 15 is 0 Å². The van der Waals surface area contributed by atoms with Gasteiger partial charge in [-0.1, -0.05) is 42.0 Å². The molecule has 5 heteroatoms. The normalized spacial score (nSPS) is 10.4. The first-order valence-electron chi connectivity index (χ1n) is 6.69. The van der Waals surface area contributed by atoms with Crippen LogP contribution in [0, 0.1) is 6.92 Å². The number of aromatic hydroxyl groups is 1. The van der Waals surface area contributed by atoms with Crippen LogP contribution in [0.15, 0.2) is 54.6 Å². The molecular formula is C17H16N2O2S. The minimum absolute atomic E-state index is 0.0642. The molecule has 0 saturated heterocycles. The zero-order valence-electron chi connectivity index (χ0n) is 12.0. The Morgan fingerprint density at radius 3 is 2.50 bits per heavy atom. The SMILES string of the molecule is Cc1ccc(/C=C/C(=O)NC(=S)Nc2ccccc2O)cc1. The molecule has 0 unspecified atom stereocenters. The molecule has 112 valence electrons. The number of hydrogen-bond acceptors (Lipinski definition) is 3. The van der Waals surface area contributed by atoms with Gasteiger partial charge in [-0.05, 0) is 42.9 Å². The summed E-state index contributed by atoms with van der Waals surface area (Å²) in [6.07, 6.45) is 3.11. The lowest BCUT2D eigenvalue weighted by molar-refractivity contribution is -0.115. The number of thiocarbonyl (C=S) groups is 1. The highest BCUT2D eigenvalue weighted by atomic mass is 32.1. The molecule has 0 radical (unpaired) electrons. The quantitative estimate of drug-likeness (QED) is 0.463. The number of nitrogens with one attached hydrogen (secondary N) is 2. The summed E-state index contributed by atoms with van der Waals surface area (Å²) >= 11 is 5.03. The molecule has 0 aliphatic heterocycles. The molecule has 0 saturated carbocycles. The summed E-state index contributed by atoms with van der Waals surface area (Å²) in [4.78, 5) is 11.8. The van der Waals surface area contributed by atoms with Gasteiger partial charge in [0.05, 0.1) is 5.69 Å². The number of rotatable bonds is 3. The largest absolute Gasteiger partial charge is 0.506 e. The second kappa shape index (κ2) is 7.38. The van der Waals surface area contributed by atoms with Gasteiger partial charge in [-0.3, -0.25) is 10.1 Å². The standard InChI is InChI=1S/C17H16N2O2S/c1-12-6-8-13(9-7-12)10-11-16(21)19-17(22)18-14-4-2-3-5-15(14)20/h2-11,20H,1H3,(H2,18,19,21,22)/b11-10+.